The molecule has 24 heavy (non-hydrogen) atoms. The molecule has 2 aliphatic rings. The van der Waals surface area contributed by atoms with E-state index in [4.69, 9.17) is 0 Å². The van der Waals surface area contributed by atoms with E-state index < -0.39 is 10.0 Å². The summed E-state index contributed by atoms with van der Waals surface area (Å²) in [4.78, 5) is 6.79. The Morgan fingerprint density at radius 1 is 1.29 bits per heavy atom. The van der Waals surface area contributed by atoms with E-state index >= 15 is 0 Å². The van der Waals surface area contributed by atoms with Gasteiger partial charge in [-0.3, -0.25) is 4.99 Å². The molecule has 1 unspecified atom stereocenters. The van der Waals surface area contributed by atoms with Crippen molar-refractivity contribution in [3.05, 3.63) is 0 Å². The molecule has 0 aromatic rings. The summed E-state index contributed by atoms with van der Waals surface area (Å²) < 4.78 is 24.8. The van der Waals surface area contributed by atoms with Crippen LogP contribution in [0.2, 0.25) is 0 Å². The molecule has 0 bridgehead atoms. The Kier molecular flexibility index (Phi) is 8.25. The lowest BCUT2D eigenvalue weighted by molar-refractivity contribution is 0.275. The van der Waals surface area contributed by atoms with Crippen LogP contribution >= 0.6 is 24.0 Å². The summed E-state index contributed by atoms with van der Waals surface area (Å²) in [6, 6.07) is 0. The Hall–Kier alpha value is -0.0900. The first-order valence-corrected chi connectivity index (χ1v) is 10.6. The molecule has 6 nitrogen and oxygen atoms in total. The minimum Gasteiger partial charge on any atom is -0.356 e. The fraction of sp³-hybridized carbons (Fsp3) is 0.938. The average Bonchev–Trinajstić information content (AvgIpc) is 3.15. The van der Waals surface area contributed by atoms with E-state index in [0.29, 0.717) is 24.4 Å². The Balaban J connectivity index is 0.00000288. The van der Waals surface area contributed by atoms with Crippen LogP contribution in [0.5, 0.6) is 0 Å². The molecule has 2 heterocycles. The number of nitrogens with zero attached hydrogens (tertiary/aromatic N) is 3. The zero-order valence-electron chi connectivity index (χ0n) is 15.4. The van der Waals surface area contributed by atoms with Gasteiger partial charge in [0.15, 0.2) is 5.96 Å². The van der Waals surface area contributed by atoms with E-state index in [9.17, 15) is 8.42 Å². The molecule has 0 radical (unpaired) electrons. The Bertz CT molecular complexity index is 534. The van der Waals surface area contributed by atoms with Gasteiger partial charge in [-0.2, -0.15) is 0 Å². The number of hydrogen-bond acceptors (Lipinski definition) is 3. The summed E-state index contributed by atoms with van der Waals surface area (Å²) >= 11 is 0. The summed E-state index contributed by atoms with van der Waals surface area (Å²) in [7, 11) is -1.22. The van der Waals surface area contributed by atoms with Gasteiger partial charge in [0.25, 0.3) is 0 Å². The van der Waals surface area contributed by atoms with Crippen molar-refractivity contribution in [1.29, 1.82) is 0 Å². The molecule has 0 aromatic carbocycles. The predicted octanol–water partition coefficient (Wildman–Crippen LogP) is 1.97. The quantitative estimate of drug-likeness (QED) is 0.378. The van der Waals surface area contributed by atoms with Gasteiger partial charge < -0.3 is 10.2 Å². The van der Waals surface area contributed by atoms with Crippen molar-refractivity contribution < 1.29 is 8.42 Å². The summed E-state index contributed by atoms with van der Waals surface area (Å²) in [6.45, 7) is 8.74. The molecule has 2 saturated heterocycles. The zero-order valence-corrected chi connectivity index (χ0v) is 18.6. The maximum atomic E-state index is 11.6. The van der Waals surface area contributed by atoms with Crippen LogP contribution in [-0.4, -0.2) is 69.6 Å². The third-order valence-electron chi connectivity index (χ3n) is 5.72. The Morgan fingerprint density at radius 3 is 2.42 bits per heavy atom. The number of likely N-dealkylation sites (tertiary alicyclic amines) is 1. The van der Waals surface area contributed by atoms with Crippen LogP contribution in [0, 0.1) is 11.3 Å². The second-order valence-electron chi connectivity index (χ2n) is 7.08. The topological polar surface area (TPSA) is 65.0 Å². The van der Waals surface area contributed by atoms with E-state index in [1.165, 1.54) is 25.5 Å². The van der Waals surface area contributed by atoms with Crippen LogP contribution in [0.25, 0.3) is 0 Å². The normalized spacial score (nSPS) is 24.9. The van der Waals surface area contributed by atoms with Crippen LogP contribution in [0.1, 0.15) is 39.5 Å². The number of halogens is 1. The molecule has 142 valence electrons. The first-order chi connectivity index (χ1) is 10.8. The van der Waals surface area contributed by atoms with Crippen molar-refractivity contribution >= 4 is 40.0 Å². The molecule has 0 spiro atoms. The highest BCUT2D eigenvalue weighted by Gasteiger charge is 2.36. The third kappa shape index (κ3) is 5.20. The van der Waals surface area contributed by atoms with Gasteiger partial charge in [0, 0.05) is 39.8 Å². The first-order valence-electron chi connectivity index (χ1n) is 8.74. The van der Waals surface area contributed by atoms with Crippen LogP contribution in [0.4, 0.5) is 0 Å². The lowest BCUT2D eigenvalue weighted by Gasteiger charge is -2.28. The standard InChI is InChI=1S/C16H32N4O2S.HI/c1-5-16(6-2)8-10-19(13-16)15(17-3)18-11-14-7-9-20(12-14)23(4,21)22;/h14H,5-13H2,1-4H3,(H,17,18);1H. The second kappa shape index (κ2) is 9.02. The number of sulfonamides is 1. The van der Waals surface area contributed by atoms with Crippen molar-refractivity contribution in [2.45, 2.75) is 39.5 Å². The molecule has 1 N–H and O–H groups in total. The Morgan fingerprint density at radius 2 is 1.96 bits per heavy atom. The molecular weight excluding hydrogens is 439 g/mol. The fourth-order valence-corrected chi connectivity index (χ4v) is 4.69. The fourth-order valence-electron chi connectivity index (χ4n) is 3.78. The van der Waals surface area contributed by atoms with Crippen LogP contribution < -0.4 is 5.32 Å². The maximum Gasteiger partial charge on any atom is 0.211 e. The lowest BCUT2D eigenvalue weighted by atomic mass is 9.82. The number of rotatable bonds is 5. The monoisotopic (exact) mass is 472 g/mol. The molecular formula is C16H33IN4O2S. The number of nitrogens with one attached hydrogen (secondary N) is 1. The smallest absolute Gasteiger partial charge is 0.211 e. The SMILES string of the molecule is CCC1(CC)CCN(C(=NC)NCC2CCN(S(C)(=O)=O)C2)C1.I. The molecule has 0 amide bonds. The molecule has 2 aliphatic heterocycles. The van der Waals surface area contributed by atoms with Gasteiger partial charge in [-0.15, -0.1) is 24.0 Å². The molecule has 0 aromatic heterocycles. The molecule has 0 saturated carbocycles. The van der Waals surface area contributed by atoms with Gasteiger partial charge in [-0.25, -0.2) is 12.7 Å². The van der Waals surface area contributed by atoms with Gasteiger partial charge in [-0.05, 0) is 37.0 Å². The number of aliphatic imine (C=N–C) groups is 1. The van der Waals surface area contributed by atoms with Crippen molar-refractivity contribution in [3.8, 4) is 0 Å². The van der Waals surface area contributed by atoms with Gasteiger partial charge in [0.1, 0.15) is 0 Å². The largest absolute Gasteiger partial charge is 0.356 e. The van der Waals surface area contributed by atoms with Gasteiger partial charge in [0.05, 0.1) is 6.26 Å². The van der Waals surface area contributed by atoms with E-state index in [-0.39, 0.29) is 24.0 Å². The van der Waals surface area contributed by atoms with Gasteiger partial charge in [-0.1, -0.05) is 13.8 Å². The van der Waals surface area contributed by atoms with Gasteiger partial charge >= 0.3 is 0 Å². The summed E-state index contributed by atoms with van der Waals surface area (Å²) in [6.07, 6.45) is 5.86. The van der Waals surface area contributed by atoms with Crippen LogP contribution in [-0.2, 0) is 10.0 Å². The Labute approximate surface area is 164 Å². The highest BCUT2D eigenvalue weighted by Crippen LogP contribution is 2.36. The van der Waals surface area contributed by atoms with E-state index in [2.05, 4.69) is 29.1 Å². The lowest BCUT2D eigenvalue weighted by Crippen LogP contribution is -2.43. The minimum absolute atomic E-state index is 0. The average molecular weight is 472 g/mol. The summed E-state index contributed by atoms with van der Waals surface area (Å²) in [5.41, 5.74) is 0.429. The summed E-state index contributed by atoms with van der Waals surface area (Å²) in [5, 5.41) is 3.47. The molecule has 8 heteroatoms. The van der Waals surface area contributed by atoms with Crippen molar-refractivity contribution in [2.24, 2.45) is 16.3 Å². The van der Waals surface area contributed by atoms with Gasteiger partial charge in [0.2, 0.25) is 10.0 Å². The first kappa shape index (κ1) is 22.0. The van der Waals surface area contributed by atoms with Crippen LogP contribution in [0.3, 0.4) is 0 Å². The molecule has 0 aliphatic carbocycles. The predicted molar refractivity (Wildman–Crippen MR) is 111 cm³/mol. The molecule has 1 atom stereocenters. The zero-order chi connectivity index (χ0) is 17.1. The number of guanidine groups is 1. The van der Waals surface area contributed by atoms with E-state index in [1.807, 2.05) is 7.05 Å². The van der Waals surface area contributed by atoms with Crippen molar-refractivity contribution in [2.75, 3.05) is 46.0 Å². The highest BCUT2D eigenvalue weighted by atomic mass is 127. The third-order valence-corrected chi connectivity index (χ3v) is 6.99. The van der Waals surface area contributed by atoms with E-state index in [1.54, 1.807) is 4.31 Å². The van der Waals surface area contributed by atoms with Crippen molar-refractivity contribution in [1.82, 2.24) is 14.5 Å². The molecule has 2 rings (SSSR count). The van der Waals surface area contributed by atoms with Crippen molar-refractivity contribution in [3.63, 3.8) is 0 Å². The maximum absolute atomic E-state index is 11.6. The van der Waals surface area contributed by atoms with Crippen LogP contribution in [0.15, 0.2) is 4.99 Å². The second-order valence-corrected chi connectivity index (χ2v) is 9.06. The molecule has 2 fully saturated rings. The summed E-state index contributed by atoms with van der Waals surface area (Å²) in [5.74, 6) is 1.33. The number of hydrogen-bond donors (Lipinski definition) is 1. The minimum atomic E-state index is -3.05. The highest BCUT2D eigenvalue weighted by molar-refractivity contribution is 14.0. The van der Waals surface area contributed by atoms with E-state index in [0.717, 1.165) is 32.0 Å².